The van der Waals surface area contributed by atoms with Gasteiger partial charge in [-0.15, -0.1) is 10.2 Å². The van der Waals surface area contributed by atoms with Gasteiger partial charge < -0.3 is 5.73 Å². The highest BCUT2D eigenvalue weighted by atomic mass is 35.5. The first-order chi connectivity index (χ1) is 7.72. The van der Waals surface area contributed by atoms with Crippen molar-refractivity contribution < 1.29 is 0 Å². The van der Waals surface area contributed by atoms with Crippen LogP contribution in [0.1, 0.15) is 5.56 Å². The summed E-state index contributed by atoms with van der Waals surface area (Å²) in [6.07, 6.45) is 1.94. The van der Waals surface area contributed by atoms with Gasteiger partial charge in [0.25, 0.3) is 0 Å². The lowest BCUT2D eigenvalue weighted by Gasteiger charge is -2.08. The minimum atomic E-state index is 0.407. The molecule has 0 fully saturated rings. The van der Waals surface area contributed by atoms with Crippen molar-refractivity contribution in [3.05, 3.63) is 34.9 Å². The van der Waals surface area contributed by atoms with Gasteiger partial charge in [-0.2, -0.15) is 0 Å². The number of nitrogen functional groups attached to an aromatic ring is 1. The van der Waals surface area contributed by atoms with E-state index in [1.54, 1.807) is 0 Å². The lowest BCUT2D eigenvalue weighted by molar-refractivity contribution is 0.718. The molecule has 0 bridgehead atoms. The quantitative estimate of drug-likeness (QED) is 0.854. The van der Waals surface area contributed by atoms with Gasteiger partial charge in [0.2, 0.25) is 5.95 Å². The van der Waals surface area contributed by atoms with Crippen LogP contribution in [-0.4, -0.2) is 21.0 Å². The highest BCUT2D eigenvalue weighted by molar-refractivity contribution is 7.98. The van der Waals surface area contributed by atoms with E-state index in [1.807, 2.05) is 35.1 Å². The fourth-order valence-corrected chi connectivity index (χ4v) is 2.09. The van der Waals surface area contributed by atoms with Crippen molar-refractivity contribution in [1.29, 1.82) is 0 Å². The van der Waals surface area contributed by atoms with Crippen molar-refractivity contribution in [3.8, 4) is 0 Å². The predicted molar refractivity (Wildman–Crippen MR) is 66.8 cm³/mol. The average molecular weight is 255 g/mol. The van der Waals surface area contributed by atoms with Crippen molar-refractivity contribution in [2.24, 2.45) is 0 Å². The summed E-state index contributed by atoms with van der Waals surface area (Å²) in [7, 11) is 0. The van der Waals surface area contributed by atoms with Crippen molar-refractivity contribution in [2.45, 2.75) is 11.7 Å². The molecule has 0 unspecified atom stereocenters. The maximum atomic E-state index is 6.09. The Morgan fingerprint density at radius 1 is 1.38 bits per heavy atom. The largest absolute Gasteiger partial charge is 0.368 e. The van der Waals surface area contributed by atoms with E-state index in [-0.39, 0.29) is 0 Å². The molecule has 2 rings (SSSR count). The van der Waals surface area contributed by atoms with Crippen LogP contribution in [0.2, 0.25) is 5.02 Å². The summed E-state index contributed by atoms with van der Waals surface area (Å²) < 4.78 is 1.84. The predicted octanol–water partition coefficient (Wildman–Crippen LogP) is 2.28. The van der Waals surface area contributed by atoms with Gasteiger partial charge >= 0.3 is 0 Å². The number of rotatable bonds is 3. The second-order valence-electron chi connectivity index (χ2n) is 3.22. The number of nitrogens with two attached hydrogens (primary N) is 1. The van der Waals surface area contributed by atoms with Crippen molar-refractivity contribution in [3.63, 3.8) is 0 Å². The van der Waals surface area contributed by atoms with Gasteiger partial charge in [-0.05, 0) is 17.9 Å². The lowest BCUT2D eigenvalue weighted by Crippen LogP contribution is -2.06. The SMILES string of the molecule is CSc1nnc(N)n1Cc1ccccc1Cl. The van der Waals surface area contributed by atoms with Crippen molar-refractivity contribution >= 4 is 29.3 Å². The fraction of sp³-hybridized carbons (Fsp3) is 0.200. The molecule has 0 aliphatic rings. The van der Waals surface area contributed by atoms with Gasteiger partial charge in [0.05, 0.1) is 6.54 Å². The number of nitrogens with zero attached hydrogens (tertiary/aromatic N) is 3. The zero-order chi connectivity index (χ0) is 11.5. The summed E-state index contributed by atoms with van der Waals surface area (Å²) in [6, 6.07) is 7.67. The third kappa shape index (κ3) is 2.15. The zero-order valence-electron chi connectivity index (χ0n) is 8.72. The minimum Gasteiger partial charge on any atom is -0.368 e. The van der Waals surface area contributed by atoms with Crippen LogP contribution in [-0.2, 0) is 6.54 Å². The molecule has 0 aliphatic carbocycles. The Morgan fingerprint density at radius 2 is 2.12 bits per heavy atom. The molecule has 2 aromatic rings. The number of hydrogen-bond acceptors (Lipinski definition) is 4. The van der Waals surface area contributed by atoms with Crippen molar-refractivity contribution in [1.82, 2.24) is 14.8 Å². The topological polar surface area (TPSA) is 56.7 Å². The van der Waals surface area contributed by atoms with E-state index in [1.165, 1.54) is 11.8 Å². The molecule has 0 spiro atoms. The van der Waals surface area contributed by atoms with Crippen LogP contribution in [0.25, 0.3) is 0 Å². The Labute approximate surface area is 103 Å². The third-order valence-electron chi connectivity index (χ3n) is 2.21. The smallest absolute Gasteiger partial charge is 0.223 e. The van der Waals surface area contributed by atoms with Crippen LogP contribution in [0.3, 0.4) is 0 Å². The molecule has 1 aromatic carbocycles. The van der Waals surface area contributed by atoms with E-state index in [0.29, 0.717) is 12.5 Å². The second-order valence-corrected chi connectivity index (χ2v) is 4.40. The minimum absolute atomic E-state index is 0.407. The number of hydrogen-bond donors (Lipinski definition) is 1. The first-order valence-electron chi connectivity index (χ1n) is 4.68. The standard InChI is InChI=1S/C10H11ClN4S/c1-16-10-14-13-9(12)15(10)6-7-4-2-3-5-8(7)11/h2-5H,6H2,1H3,(H2,12,13). The summed E-state index contributed by atoms with van der Waals surface area (Å²) in [5.74, 6) is 0.407. The van der Waals surface area contributed by atoms with E-state index >= 15 is 0 Å². The van der Waals surface area contributed by atoms with Gasteiger partial charge in [-0.25, -0.2) is 0 Å². The number of thioether (sulfide) groups is 1. The number of halogens is 1. The molecular formula is C10H11ClN4S. The van der Waals surface area contributed by atoms with Crippen LogP contribution in [0.15, 0.2) is 29.4 Å². The highest BCUT2D eigenvalue weighted by Crippen LogP contribution is 2.21. The van der Waals surface area contributed by atoms with Gasteiger partial charge in [0.1, 0.15) is 0 Å². The molecule has 0 atom stereocenters. The molecular weight excluding hydrogens is 244 g/mol. The molecule has 4 nitrogen and oxygen atoms in total. The van der Waals surface area contributed by atoms with Gasteiger partial charge in [-0.1, -0.05) is 41.6 Å². The summed E-state index contributed by atoms with van der Waals surface area (Å²) in [4.78, 5) is 0. The van der Waals surface area contributed by atoms with Crippen LogP contribution in [0, 0.1) is 0 Å². The molecule has 1 aromatic heterocycles. The van der Waals surface area contributed by atoms with E-state index < -0.39 is 0 Å². The van der Waals surface area contributed by atoms with Gasteiger partial charge in [0.15, 0.2) is 5.16 Å². The molecule has 0 radical (unpaired) electrons. The van der Waals surface area contributed by atoms with E-state index in [2.05, 4.69) is 10.2 Å². The summed E-state index contributed by atoms with van der Waals surface area (Å²) in [5.41, 5.74) is 6.75. The first kappa shape index (κ1) is 11.3. The number of anilines is 1. The molecule has 84 valence electrons. The number of benzene rings is 1. The molecule has 0 amide bonds. The van der Waals surface area contributed by atoms with Crippen LogP contribution in [0.4, 0.5) is 5.95 Å². The molecule has 0 saturated heterocycles. The first-order valence-corrected chi connectivity index (χ1v) is 6.28. The highest BCUT2D eigenvalue weighted by Gasteiger charge is 2.10. The fourth-order valence-electron chi connectivity index (χ4n) is 1.40. The normalized spacial score (nSPS) is 10.6. The average Bonchev–Trinajstić information content (AvgIpc) is 2.63. The lowest BCUT2D eigenvalue weighted by atomic mass is 10.2. The third-order valence-corrected chi connectivity index (χ3v) is 3.25. The zero-order valence-corrected chi connectivity index (χ0v) is 10.3. The molecule has 1 heterocycles. The summed E-state index contributed by atoms with van der Waals surface area (Å²) in [6.45, 7) is 0.592. The molecule has 2 N–H and O–H groups in total. The molecule has 16 heavy (non-hydrogen) atoms. The maximum Gasteiger partial charge on any atom is 0.223 e. The Morgan fingerprint density at radius 3 is 2.81 bits per heavy atom. The summed E-state index contributed by atoms with van der Waals surface area (Å²) >= 11 is 7.59. The van der Waals surface area contributed by atoms with Crippen LogP contribution in [0.5, 0.6) is 0 Å². The van der Waals surface area contributed by atoms with Gasteiger partial charge in [-0.3, -0.25) is 4.57 Å². The Kier molecular flexibility index (Phi) is 3.36. The Hall–Kier alpha value is -1.20. The van der Waals surface area contributed by atoms with E-state index in [0.717, 1.165) is 15.7 Å². The monoisotopic (exact) mass is 254 g/mol. The summed E-state index contributed by atoms with van der Waals surface area (Å²) in [5, 5.41) is 9.32. The van der Waals surface area contributed by atoms with Gasteiger partial charge in [0, 0.05) is 5.02 Å². The van der Waals surface area contributed by atoms with E-state index in [4.69, 9.17) is 17.3 Å². The van der Waals surface area contributed by atoms with E-state index in [9.17, 15) is 0 Å². The Bertz CT molecular complexity index is 497. The van der Waals surface area contributed by atoms with Crippen LogP contribution < -0.4 is 5.73 Å². The number of aromatic nitrogens is 3. The second kappa shape index (κ2) is 4.76. The maximum absolute atomic E-state index is 6.09. The van der Waals surface area contributed by atoms with Crippen molar-refractivity contribution in [2.75, 3.05) is 12.0 Å². The molecule has 0 aliphatic heterocycles. The van der Waals surface area contributed by atoms with Crippen LogP contribution >= 0.6 is 23.4 Å². The Balaban J connectivity index is 2.33. The molecule has 0 saturated carbocycles. The molecule has 6 heteroatoms.